The van der Waals surface area contributed by atoms with Crippen LogP contribution in [0.1, 0.15) is 36.8 Å². The van der Waals surface area contributed by atoms with Crippen LogP contribution in [-0.4, -0.2) is 23.6 Å². The highest BCUT2D eigenvalue weighted by Crippen LogP contribution is 2.39. The zero-order valence-corrected chi connectivity index (χ0v) is 21.5. The van der Waals surface area contributed by atoms with Crippen molar-refractivity contribution in [2.45, 2.75) is 44.3 Å². The van der Waals surface area contributed by atoms with Gasteiger partial charge in [-0.25, -0.2) is 4.98 Å². The van der Waals surface area contributed by atoms with Gasteiger partial charge in [0.1, 0.15) is 17.2 Å². The zero-order chi connectivity index (χ0) is 31.1. The van der Waals surface area contributed by atoms with Crippen molar-refractivity contribution < 1.29 is 53.8 Å². The molecule has 1 atom stereocenters. The van der Waals surface area contributed by atoms with Gasteiger partial charge in [-0.15, -0.1) is 26.3 Å². The number of pyridine rings is 1. The summed E-state index contributed by atoms with van der Waals surface area (Å²) in [4.78, 5) is 18.4. The zero-order valence-electron chi connectivity index (χ0n) is 21.5. The topological polar surface area (TPSA) is 63.7 Å². The number of alkyl halides is 9. The van der Waals surface area contributed by atoms with Gasteiger partial charge in [0, 0.05) is 5.69 Å². The number of rotatable bonds is 7. The molecule has 1 unspecified atom stereocenters. The Morgan fingerprint density at radius 3 is 1.93 bits per heavy atom. The third kappa shape index (κ3) is 7.25. The summed E-state index contributed by atoms with van der Waals surface area (Å²) in [6.45, 7) is 2.92. The fourth-order valence-corrected chi connectivity index (χ4v) is 4.22. The van der Waals surface area contributed by atoms with Crippen molar-refractivity contribution in [3.63, 3.8) is 0 Å². The molecule has 1 N–H and O–H groups in total. The van der Waals surface area contributed by atoms with Crippen LogP contribution in [0.5, 0.6) is 11.5 Å². The lowest BCUT2D eigenvalue weighted by Gasteiger charge is -2.29. The molecule has 0 fully saturated rings. The highest BCUT2D eigenvalue weighted by atomic mass is 19.4. The molecule has 2 aromatic carbocycles. The van der Waals surface area contributed by atoms with E-state index in [-0.39, 0.29) is 22.6 Å². The molecule has 0 saturated carbocycles. The number of nitrogens with one attached hydrogen (secondary N) is 1. The van der Waals surface area contributed by atoms with Gasteiger partial charge < -0.3 is 14.8 Å². The number of carbonyl (C=O) groups is 1. The van der Waals surface area contributed by atoms with E-state index >= 15 is 0 Å². The van der Waals surface area contributed by atoms with E-state index < -0.39 is 53.6 Å². The number of anilines is 1. The number of amides is 1. The van der Waals surface area contributed by atoms with Gasteiger partial charge in [-0.1, -0.05) is 18.2 Å². The Labute approximate surface area is 232 Å². The number of benzene rings is 2. The first-order valence-electron chi connectivity index (χ1n) is 11.9. The normalized spacial score (nSPS) is 16.4. The largest absolute Gasteiger partial charge is 0.573 e. The first kappa shape index (κ1) is 30.5. The number of ether oxygens (including phenoxy) is 2. The lowest BCUT2D eigenvalue weighted by Crippen LogP contribution is -2.41. The van der Waals surface area contributed by atoms with Crippen molar-refractivity contribution >= 4 is 11.6 Å². The molecule has 0 radical (unpaired) electrons. The maximum Gasteiger partial charge on any atom is 0.573 e. The summed E-state index contributed by atoms with van der Waals surface area (Å²) in [6.07, 6.45) is -13.4. The maximum atomic E-state index is 13.6. The second-order valence-corrected chi connectivity index (χ2v) is 9.52. The van der Waals surface area contributed by atoms with Crippen LogP contribution in [-0.2, 0) is 16.5 Å². The smallest absolute Gasteiger partial charge is 0.406 e. The summed E-state index contributed by atoms with van der Waals surface area (Å²) in [5, 5.41) is 2.85. The quantitative estimate of drug-likeness (QED) is 0.285. The van der Waals surface area contributed by atoms with Gasteiger partial charge in [0.05, 0.1) is 23.0 Å². The van der Waals surface area contributed by atoms with Gasteiger partial charge in [-0.05, 0) is 74.0 Å². The molecule has 224 valence electrons. The maximum absolute atomic E-state index is 13.6. The molecule has 4 rings (SSSR count). The minimum Gasteiger partial charge on any atom is -0.406 e. The Hall–Kier alpha value is -4.43. The van der Waals surface area contributed by atoms with E-state index in [9.17, 15) is 44.3 Å². The number of nitrogens with zero attached hydrogens (tertiary/aromatic N) is 2. The van der Waals surface area contributed by atoms with Gasteiger partial charge in [0.15, 0.2) is 0 Å². The number of halogens is 9. The van der Waals surface area contributed by atoms with E-state index in [0.29, 0.717) is 0 Å². The van der Waals surface area contributed by atoms with Gasteiger partial charge >= 0.3 is 18.9 Å². The lowest BCUT2D eigenvalue weighted by atomic mass is 9.98. The first-order valence-corrected chi connectivity index (χ1v) is 11.9. The SMILES string of the molecule is CC(C)(NC1=CC(c2cccc(OC(F)(F)F)c2)N(c2ccc(OC(F)(F)F)cc2)C1=O)c1cccc(C(F)(F)F)n1. The summed E-state index contributed by atoms with van der Waals surface area (Å²) < 4.78 is 124. The Kier molecular flexibility index (Phi) is 7.82. The summed E-state index contributed by atoms with van der Waals surface area (Å²) in [5.41, 5.74) is -2.58. The lowest BCUT2D eigenvalue weighted by molar-refractivity contribution is -0.275. The minimum absolute atomic E-state index is 0.0460. The summed E-state index contributed by atoms with van der Waals surface area (Å²) in [7, 11) is 0. The monoisotopic (exact) mass is 605 g/mol. The Balaban J connectivity index is 1.72. The predicted molar refractivity (Wildman–Crippen MR) is 130 cm³/mol. The molecule has 0 aliphatic carbocycles. The molecule has 1 amide bonds. The molecular formula is C27H20F9N3O3. The highest BCUT2D eigenvalue weighted by Gasteiger charge is 2.40. The van der Waals surface area contributed by atoms with Gasteiger partial charge in [0.2, 0.25) is 0 Å². The minimum atomic E-state index is -5.01. The molecule has 1 aliphatic rings. The second kappa shape index (κ2) is 10.8. The first-order chi connectivity index (χ1) is 19.3. The molecule has 1 aliphatic heterocycles. The van der Waals surface area contributed by atoms with Crippen molar-refractivity contribution in [3.8, 4) is 11.5 Å². The van der Waals surface area contributed by atoms with Crippen LogP contribution >= 0.6 is 0 Å². The average molecular weight is 605 g/mol. The standard InChI is InChI=1S/C27H20F9N3O3/c1-24(2,21-7-4-8-22(37-21)25(28,29)30)38-19-14-20(15-5-3-6-18(13-15)42-27(34,35)36)39(23(19)40)16-9-11-17(12-10-16)41-26(31,32)33/h3-14,20,38H,1-2H3. The summed E-state index contributed by atoms with van der Waals surface area (Å²) in [6, 6.07) is 11.0. The van der Waals surface area contributed by atoms with Crippen molar-refractivity contribution in [3.05, 3.63) is 95.5 Å². The van der Waals surface area contributed by atoms with Gasteiger partial charge in [-0.2, -0.15) is 13.2 Å². The molecular weight excluding hydrogens is 585 g/mol. The van der Waals surface area contributed by atoms with Crippen LogP contribution in [0.15, 0.2) is 78.5 Å². The number of hydrogen-bond donors (Lipinski definition) is 1. The van der Waals surface area contributed by atoms with Crippen LogP contribution in [0.4, 0.5) is 45.2 Å². The summed E-state index contributed by atoms with van der Waals surface area (Å²) in [5.74, 6) is -1.95. The Bertz CT molecular complexity index is 1480. The van der Waals surface area contributed by atoms with Crippen molar-refractivity contribution in [2.24, 2.45) is 0 Å². The van der Waals surface area contributed by atoms with E-state index in [1.54, 1.807) is 0 Å². The second-order valence-electron chi connectivity index (χ2n) is 9.52. The molecule has 0 saturated heterocycles. The third-order valence-electron chi connectivity index (χ3n) is 5.96. The predicted octanol–water partition coefficient (Wildman–Crippen LogP) is 7.39. The Morgan fingerprint density at radius 2 is 1.33 bits per heavy atom. The van der Waals surface area contributed by atoms with Gasteiger partial charge in [-0.3, -0.25) is 9.69 Å². The van der Waals surface area contributed by atoms with E-state index in [2.05, 4.69) is 19.8 Å². The molecule has 6 nitrogen and oxygen atoms in total. The van der Waals surface area contributed by atoms with Crippen LogP contribution < -0.4 is 19.7 Å². The molecule has 0 spiro atoms. The molecule has 3 aromatic rings. The van der Waals surface area contributed by atoms with E-state index in [1.165, 1.54) is 38.1 Å². The molecule has 42 heavy (non-hydrogen) atoms. The van der Waals surface area contributed by atoms with E-state index in [1.807, 2.05) is 0 Å². The van der Waals surface area contributed by atoms with E-state index in [4.69, 9.17) is 0 Å². The number of hydrogen-bond acceptors (Lipinski definition) is 5. The van der Waals surface area contributed by atoms with Crippen LogP contribution in [0.25, 0.3) is 0 Å². The fraction of sp³-hybridized carbons (Fsp3) is 0.259. The van der Waals surface area contributed by atoms with Crippen LogP contribution in [0.2, 0.25) is 0 Å². The molecule has 15 heteroatoms. The molecule has 0 bridgehead atoms. The Morgan fingerprint density at radius 1 is 0.762 bits per heavy atom. The van der Waals surface area contributed by atoms with Crippen LogP contribution in [0, 0.1) is 0 Å². The fourth-order valence-electron chi connectivity index (χ4n) is 4.22. The molecule has 2 heterocycles. The van der Waals surface area contributed by atoms with Crippen molar-refractivity contribution in [1.29, 1.82) is 0 Å². The van der Waals surface area contributed by atoms with Gasteiger partial charge in [0.25, 0.3) is 5.91 Å². The molecule has 1 aromatic heterocycles. The summed E-state index contributed by atoms with van der Waals surface area (Å²) >= 11 is 0. The van der Waals surface area contributed by atoms with Crippen LogP contribution in [0.3, 0.4) is 0 Å². The number of carbonyl (C=O) groups excluding carboxylic acids is 1. The number of aromatic nitrogens is 1. The third-order valence-corrected chi connectivity index (χ3v) is 5.96. The van der Waals surface area contributed by atoms with Crippen molar-refractivity contribution in [1.82, 2.24) is 10.3 Å². The average Bonchev–Trinajstić information content (AvgIpc) is 3.17. The highest BCUT2D eigenvalue weighted by molar-refractivity contribution is 6.09. The van der Waals surface area contributed by atoms with Crippen molar-refractivity contribution in [2.75, 3.05) is 4.90 Å². The van der Waals surface area contributed by atoms with E-state index in [0.717, 1.165) is 53.4 Å².